The number of thiophene rings is 1. The lowest BCUT2D eigenvalue weighted by atomic mass is 10.2. The van der Waals surface area contributed by atoms with Crippen molar-refractivity contribution in [2.75, 3.05) is 12.0 Å². The minimum absolute atomic E-state index is 0.426. The van der Waals surface area contributed by atoms with E-state index in [0.717, 1.165) is 18.7 Å². The summed E-state index contributed by atoms with van der Waals surface area (Å²) in [6.07, 6.45) is 2.72. The Balaban J connectivity index is 2.22. The van der Waals surface area contributed by atoms with E-state index in [1.165, 1.54) is 8.66 Å². The summed E-state index contributed by atoms with van der Waals surface area (Å²) in [5.41, 5.74) is 0. The number of halogens is 1. The van der Waals surface area contributed by atoms with Crippen LogP contribution in [0.15, 0.2) is 15.9 Å². The Morgan fingerprint density at radius 1 is 1.60 bits per heavy atom. The van der Waals surface area contributed by atoms with Gasteiger partial charge in [0.25, 0.3) is 0 Å². The normalized spacial score (nSPS) is 15.1. The van der Waals surface area contributed by atoms with Gasteiger partial charge in [0, 0.05) is 40.3 Å². The van der Waals surface area contributed by atoms with Gasteiger partial charge in [0.15, 0.2) is 0 Å². The number of nitrogens with one attached hydrogen (secondary N) is 1. The standard InChI is InChI=1S/C10H16BrNOS2/c1-8(5-6-15(2)13)12-7-9-3-4-10(11)14-9/h3-4,8,12H,5-7H2,1-2H3. The molecule has 2 atom stereocenters. The monoisotopic (exact) mass is 309 g/mol. The van der Waals surface area contributed by atoms with Crippen molar-refractivity contribution >= 4 is 38.1 Å². The van der Waals surface area contributed by atoms with Crippen LogP contribution in [0, 0.1) is 0 Å². The average molecular weight is 310 g/mol. The number of hydrogen-bond acceptors (Lipinski definition) is 3. The quantitative estimate of drug-likeness (QED) is 0.875. The van der Waals surface area contributed by atoms with Crippen LogP contribution in [0.1, 0.15) is 18.2 Å². The van der Waals surface area contributed by atoms with E-state index in [0.29, 0.717) is 6.04 Å². The zero-order valence-corrected chi connectivity index (χ0v) is 12.2. The molecular formula is C10H16BrNOS2. The van der Waals surface area contributed by atoms with Gasteiger partial charge in [0.05, 0.1) is 3.79 Å². The van der Waals surface area contributed by atoms with Crippen LogP contribution in [0.2, 0.25) is 0 Å². The smallest absolute Gasteiger partial charge is 0.0701 e. The lowest BCUT2D eigenvalue weighted by Crippen LogP contribution is -2.26. The maximum Gasteiger partial charge on any atom is 0.0701 e. The first kappa shape index (κ1) is 13.4. The van der Waals surface area contributed by atoms with Crippen LogP contribution in [0.5, 0.6) is 0 Å². The van der Waals surface area contributed by atoms with Gasteiger partial charge in [0.1, 0.15) is 0 Å². The Kier molecular flexibility index (Phi) is 6.04. The molecule has 0 aliphatic carbocycles. The van der Waals surface area contributed by atoms with Crippen molar-refractivity contribution in [3.63, 3.8) is 0 Å². The Labute approximate surface area is 106 Å². The van der Waals surface area contributed by atoms with E-state index < -0.39 is 10.8 Å². The van der Waals surface area contributed by atoms with E-state index in [-0.39, 0.29) is 0 Å². The van der Waals surface area contributed by atoms with Gasteiger partial charge in [-0.2, -0.15) is 0 Å². The summed E-state index contributed by atoms with van der Waals surface area (Å²) in [5.74, 6) is 0.780. The van der Waals surface area contributed by atoms with Crippen molar-refractivity contribution in [2.45, 2.75) is 25.9 Å². The second-order valence-electron chi connectivity index (χ2n) is 3.55. The summed E-state index contributed by atoms with van der Waals surface area (Å²) in [5, 5.41) is 3.42. The summed E-state index contributed by atoms with van der Waals surface area (Å²) < 4.78 is 12.1. The van der Waals surface area contributed by atoms with E-state index in [1.807, 2.05) is 0 Å². The highest BCUT2D eigenvalue weighted by Crippen LogP contribution is 2.21. The molecule has 1 N–H and O–H groups in total. The Hall–Kier alpha value is 0.290. The summed E-state index contributed by atoms with van der Waals surface area (Å²) >= 11 is 5.19. The van der Waals surface area contributed by atoms with Crippen LogP contribution < -0.4 is 5.32 Å². The van der Waals surface area contributed by atoms with E-state index in [9.17, 15) is 4.21 Å². The molecule has 0 spiro atoms. The average Bonchev–Trinajstić information content (AvgIpc) is 2.58. The Morgan fingerprint density at radius 2 is 2.33 bits per heavy atom. The SMILES string of the molecule is CC(CCS(C)=O)NCc1ccc(Br)s1. The highest BCUT2D eigenvalue weighted by molar-refractivity contribution is 9.11. The largest absolute Gasteiger partial charge is 0.309 e. The van der Waals surface area contributed by atoms with Gasteiger partial charge in [-0.1, -0.05) is 0 Å². The second kappa shape index (κ2) is 6.78. The zero-order chi connectivity index (χ0) is 11.3. The molecule has 1 aromatic heterocycles. The maximum atomic E-state index is 10.9. The van der Waals surface area contributed by atoms with Gasteiger partial charge in [0.2, 0.25) is 0 Å². The Morgan fingerprint density at radius 3 is 2.87 bits per heavy atom. The van der Waals surface area contributed by atoms with Crippen LogP contribution in [0.25, 0.3) is 0 Å². The third kappa shape index (κ3) is 5.80. The van der Waals surface area contributed by atoms with Crippen LogP contribution in [0.4, 0.5) is 0 Å². The van der Waals surface area contributed by atoms with Crippen molar-refractivity contribution in [3.8, 4) is 0 Å². The third-order valence-electron chi connectivity index (χ3n) is 2.09. The summed E-state index contributed by atoms with van der Waals surface area (Å²) in [7, 11) is -0.675. The van der Waals surface area contributed by atoms with Gasteiger partial charge >= 0.3 is 0 Å². The van der Waals surface area contributed by atoms with Crippen molar-refractivity contribution in [1.29, 1.82) is 0 Å². The molecule has 1 heterocycles. The van der Waals surface area contributed by atoms with E-state index in [4.69, 9.17) is 0 Å². The minimum Gasteiger partial charge on any atom is -0.309 e. The fraction of sp³-hybridized carbons (Fsp3) is 0.600. The second-order valence-corrected chi connectivity index (χ2v) is 7.66. The lowest BCUT2D eigenvalue weighted by molar-refractivity contribution is 0.538. The predicted molar refractivity (Wildman–Crippen MR) is 71.9 cm³/mol. The van der Waals surface area contributed by atoms with Gasteiger partial charge in [-0.05, 0) is 41.4 Å². The third-order valence-corrected chi connectivity index (χ3v) is 4.53. The first-order chi connectivity index (χ1) is 7.08. The summed E-state index contributed by atoms with van der Waals surface area (Å²) in [4.78, 5) is 1.33. The van der Waals surface area contributed by atoms with E-state index in [1.54, 1.807) is 17.6 Å². The first-order valence-corrected chi connectivity index (χ1v) is 8.19. The van der Waals surface area contributed by atoms with Gasteiger partial charge in [-0.3, -0.25) is 4.21 Å². The summed E-state index contributed by atoms with van der Waals surface area (Å²) in [6, 6.07) is 4.61. The van der Waals surface area contributed by atoms with Crippen molar-refractivity contribution < 1.29 is 4.21 Å². The molecule has 2 unspecified atom stereocenters. The molecule has 0 radical (unpaired) electrons. The molecule has 0 fully saturated rings. The van der Waals surface area contributed by atoms with Crippen LogP contribution in [-0.2, 0) is 17.3 Å². The highest BCUT2D eigenvalue weighted by atomic mass is 79.9. The topological polar surface area (TPSA) is 29.1 Å². The van der Waals surface area contributed by atoms with Crippen LogP contribution in [-0.4, -0.2) is 22.3 Å². The number of rotatable bonds is 6. The predicted octanol–water partition coefficient (Wildman–Crippen LogP) is 2.76. The van der Waals surface area contributed by atoms with Gasteiger partial charge in [-0.15, -0.1) is 11.3 Å². The molecule has 86 valence electrons. The van der Waals surface area contributed by atoms with Crippen LogP contribution >= 0.6 is 27.3 Å². The molecule has 5 heteroatoms. The molecule has 0 saturated carbocycles. The highest BCUT2D eigenvalue weighted by Gasteiger charge is 2.03. The molecule has 15 heavy (non-hydrogen) atoms. The van der Waals surface area contributed by atoms with E-state index in [2.05, 4.69) is 40.3 Å². The van der Waals surface area contributed by atoms with E-state index >= 15 is 0 Å². The molecule has 0 amide bonds. The molecule has 0 aromatic carbocycles. The Bertz CT molecular complexity index is 327. The van der Waals surface area contributed by atoms with Gasteiger partial charge in [-0.25, -0.2) is 0 Å². The fourth-order valence-corrected chi connectivity index (χ4v) is 3.29. The van der Waals surface area contributed by atoms with Crippen molar-refractivity contribution in [3.05, 3.63) is 20.8 Å². The fourth-order valence-electron chi connectivity index (χ4n) is 1.17. The molecule has 1 aromatic rings. The molecule has 1 rings (SSSR count). The minimum atomic E-state index is -0.675. The lowest BCUT2D eigenvalue weighted by Gasteiger charge is -2.11. The molecule has 0 bridgehead atoms. The van der Waals surface area contributed by atoms with Gasteiger partial charge < -0.3 is 5.32 Å². The van der Waals surface area contributed by atoms with Crippen molar-refractivity contribution in [1.82, 2.24) is 5.32 Å². The first-order valence-electron chi connectivity index (χ1n) is 4.85. The summed E-state index contributed by atoms with van der Waals surface area (Å²) in [6.45, 7) is 3.03. The van der Waals surface area contributed by atoms with Crippen molar-refractivity contribution in [2.24, 2.45) is 0 Å². The number of hydrogen-bond donors (Lipinski definition) is 1. The van der Waals surface area contributed by atoms with Crippen LogP contribution in [0.3, 0.4) is 0 Å². The maximum absolute atomic E-state index is 10.9. The molecule has 0 saturated heterocycles. The molecular weight excluding hydrogens is 294 g/mol. The zero-order valence-electron chi connectivity index (χ0n) is 8.96. The molecule has 0 aliphatic heterocycles. The molecule has 0 aliphatic rings. The molecule has 2 nitrogen and oxygen atoms in total.